The number of amides is 1. The van der Waals surface area contributed by atoms with Gasteiger partial charge in [0.1, 0.15) is 5.82 Å². The van der Waals surface area contributed by atoms with Crippen molar-refractivity contribution in [2.24, 2.45) is 5.92 Å². The summed E-state index contributed by atoms with van der Waals surface area (Å²) in [4.78, 5) is 21.2. The molecule has 0 spiro atoms. The molecule has 2 aromatic heterocycles. The van der Waals surface area contributed by atoms with Gasteiger partial charge in [-0.3, -0.25) is 4.79 Å². The number of aromatic nitrogens is 4. The zero-order chi connectivity index (χ0) is 21.3. The molecular formula is C22H25N5O3. The molecule has 1 N–H and O–H groups in total. The summed E-state index contributed by atoms with van der Waals surface area (Å²) in [6.45, 7) is 6.66. The lowest BCUT2D eigenvalue weighted by Crippen LogP contribution is -2.25. The van der Waals surface area contributed by atoms with Gasteiger partial charge in [-0.1, -0.05) is 26.0 Å². The first-order valence-corrected chi connectivity index (χ1v) is 9.96. The van der Waals surface area contributed by atoms with Crippen LogP contribution < -0.4 is 14.8 Å². The summed E-state index contributed by atoms with van der Waals surface area (Å²) in [6.07, 6.45) is 3.59. The number of nitrogens with zero attached hydrogens (tertiary/aromatic N) is 4. The predicted octanol–water partition coefficient (Wildman–Crippen LogP) is 3.49. The predicted molar refractivity (Wildman–Crippen MR) is 112 cm³/mol. The molecule has 4 rings (SSSR count). The van der Waals surface area contributed by atoms with Crippen molar-refractivity contribution in [1.29, 1.82) is 0 Å². The van der Waals surface area contributed by atoms with Crippen LogP contribution >= 0.6 is 0 Å². The van der Waals surface area contributed by atoms with Gasteiger partial charge < -0.3 is 14.8 Å². The highest BCUT2D eigenvalue weighted by Crippen LogP contribution is 2.45. The molecule has 1 aromatic carbocycles. The highest BCUT2D eigenvalue weighted by molar-refractivity contribution is 5.95. The van der Waals surface area contributed by atoms with Crippen molar-refractivity contribution in [3.63, 3.8) is 0 Å². The Labute approximate surface area is 175 Å². The van der Waals surface area contributed by atoms with E-state index in [4.69, 9.17) is 9.47 Å². The lowest BCUT2D eigenvalue weighted by molar-refractivity contribution is -0.116. The van der Waals surface area contributed by atoms with Crippen LogP contribution in [-0.2, 0) is 4.79 Å². The molecule has 0 fully saturated rings. The molecule has 8 heteroatoms. The fraction of sp³-hybridized carbons (Fsp3) is 0.364. The third-order valence-corrected chi connectivity index (χ3v) is 5.01. The molecular weight excluding hydrogens is 382 g/mol. The van der Waals surface area contributed by atoms with Gasteiger partial charge in [0.25, 0.3) is 5.95 Å². The monoisotopic (exact) mass is 407 g/mol. The summed E-state index contributed by atoms with van der Waals surface area (Å²) in [7, 11) is 1.62. The molecule has 156 valence electrons. The van der Waals surface area contributed by atoms with E-state index in [1.165, 1.54) is 0 Å². The van der Waals surface area contributed by atoms with Gasteiger partial charge in [0.2, 0.25) is 5.91 Å². The van der Waals surface area contributed by atoms with Crippen LogP contribution in [-0.4, -0.2) is 39.4 Å². The molecule has 0 bridgehead atoms. The Balaban J connectivity index is 1.85. The highest BCUT2D eigenvalue weighted by Gasteiger charge is 2.35. The topological polar surface area (TPSA) is 91.2 Å². The van der Waals surface area contributed by atoms with Crippen LogP contribution in [0.4, 0.5) is 5.82 Å². The van der Waals surface area contributed by atoms with E-state index in [0.29, 0.717) is 42.2 Å². The van der Waals surface area contributed by atoms with E-state index in [-0.39, 0.29) is 11.8 Å². The average molecular weight is 407 g/mol. The van der Waals surface area contributed by atoms with Crippen molar-refractivity contribution in [2.75, 3.05) is 19.0 Å². The molecule has 1 unspecified atom stereocenters. The van der Waals surface area contributed by atoms with Gasteiger partial charge in [-0.15, -0.1) is 0 Å². The molecule has 0 saturated heterocycles. The Morgan fingerprint density at radius 3 is 2.70 bits per heavy atom. The van der Waals surface area contributed by atoms with Crippen LogP contribution in [0.2, 0.25) is 0 Å². The number of anilines is 1. The van der Waals surface area contributed by atoms with E-state index in [2.05, 4.69) is 34.2 Å². The van der Waals surface area contributed by atoms with Crippen LogP contribution in [0.5, 0.6) is 11.5 Å². The number of fused-ring (bicyclic) bond motifs is 1. The minimum absolute atomic E-state index is 0.0952. The van der Waals surface area contributed by atoms with Crippen LogP contribution in [0.25, 0.3) is 5.95 Å². The van der Waals surface area contributed by atoms with E-state index in [1.807, 2.05) is 25.1 Å². The summed E-state index contributed by atoms with van der Waals surface area (Å²) in [6, 6.07) is 7.52. The second-order valence-electron chi connectivity index (χ2n) is 7.70. The van der Waals surface area contributed by atoms with E-state index < -0.39 is 0 Å². The summed E-state index contributed by atoms with van der Waals surface area (Å²) >= 11 is 0. The number of ether oxygens (including phenoxy) is 2. The fourth-order valence-electron chi connectivity index (χ4n) is 3.73. The van der Waals surface area contributed by atoms with Crippen molar-refractivity contribution in [2.45, 2.75) is 33.1 Å². The standard InChI is InChI=1S/C22H25N5O3/c1-13(2)12-30-20-15(7-5-8-17(20)29-4)16-11-18(28)25-21-19(16)14(3)26-27(21)22-23-9-6-10-24-22/h5-10,13,16H,11-12H2,1-4H3,(H,25,28). The Morgan fingerprint density at radius 1 is 1.23 bits per heavy atom. The van der Waals surface area contributed by atoms with Crippen LogP contribution in [0.15, 0.2) is 36.7 Å². The molecule has 8 nitrogen and oxygen atoms in total. The highest BCUT2D eigenvalue weighted by atomic mass is 16.5. The number of rotatable bonds is 6. The zero-order valence-electron chi connectivity index (χ0n) is 17.5. The minimum Gasteiger partial charge on any atom is -0.493 e. The zero-order valence-corrected chi connectivity index (χ0v) is 17.5. The van der Waals surface area contributed by atoms with Gasteiger partial charge >= 0.3 is 0 Å². The second-order valence-corrected chi connectivity index (χ2v) is 7.70. The second kappa shape index (κ2) is 8.14. The van der Waals surface area contributed by atoms with Crippen molar-refractivity contribution < 1.29 is 14.3 Å². The van der Waals surface area contributed by atoms with Gasteiger partial charge in [0.15, 0.2) is 11.5 Å². The van der Waals surface area contributed by atoms with Crippen LogP contribution in [0, 0.1) is 12.8 Å². The number of hydrogen-bond donors (Lipinski definition) is 1. The van der Waals surface area contributed by atoms with E-state index in [9.17, 15) is 4.79 Å². The quantitative estimate of drug-likeness (QED) is 0.673. The average Bonchev–Trinajstić information content (AvgIpc) is 3.08. The number of nitrogens with one attached hydrogen (secondary N) is 1. The van der Waals surface area contributed by atoms with E-state index in [1.54, 1.807) is 30.3 Å². The molecule has 3 aromatic rings. The molecule has 1 amide bonds. The number of methoxy groups -OCH3 is 1. The molecule has 1 aliphatic rings. The van der Waals surface area contributed by atoms with Crippen molar-refractivity contribution in [3.05, 3.63) is 53.5 Å². The Morgan fingerprint density at radius 2 is 2.00 bits per heavy atom. The van der Waals surface area contributed by atoms with Crippen molar-refractivity contribution in [3.8, 4) is 17.4 Å². The summed E-state index contributed by atoms with van der Waals surface area (Å²) in [5.41, 5.74) is 2.65. The molecule has 0 aliphatic carbocycles. The molecule has 0 saturated carbocycles. The molecule has 0 radical (unpaired) electrons. The van der Waals surface area contributed by atoms with Gasteiger partial charge in [0, 0.05) is 35.9 Å². The first-order chi connectivity index (χ1) is 14.5. The summed E-state index contributed by atoms with van der Waals surface area (Å²) in [5.74, 6) is 2.36. The van der Waals surface area contributed by atoms with Crippen LogP contribution in [0.3, 0.4) is 0 Å². The van der Waals surface area contributed by atoms with Gasteiger partial charge in [-0.25, -0.2) is 9.97 Å². The smallest absolute Gasteiger partial charge is 0.252 e. The van der Waals surface area contributed by atoms with E-state index >= 15 is 0 Å². The van der Waals surface area contributed by atoms with Gasteiger partial charge in [0.05, 0.1) is 19.4 Å². The number of aryl methyl sites for hydroxylation is 1. The maximum atomic E-state index is 12.7. The minimum atomic E-state index is -0.219. The molecule has 1 aliphatic heterocycles. The largest absolute Gasteiger partial charge is 0.493 e. The fourth-order valence-corrected chi connectivity index (χ4v) is 3.73. The number of hydrogen-bond acceptors (Lipinski definition) is 6. The van der Waals surface area contributed by atoms with E-state index in [0.717, 1.165) is 16.8 Å². The lowest BCUT2D eigenvalue weighted by atomic mass is 9.85. The lowest BCUT2D eigenvalue weighted by Gasteiger charge is -2.26. The Kier molecular flexibility index (Phi) is 5.39. The molecule has 30 heavy (non-hydrogen) atoms. The number of carbonyl (C=O) groups excluding carboxylic acids is 1. The van der Waals surface area contributed by atoms with Crippen LogP contribution in [0.1, 0.15) is 43.0 Å². The van der Waals surface area contributed by atoms with Crippen molar-refractivity contribution >= 4 is 11.7 Å². The van der Waals surface area contributed by atoms with Gasteiger partial charge in [-0.05, 0) is 25.0 Å². The first-order valence-electron chi connectivity index (χ1n) is 9.96. The first kappa shape index (κ1) is 19.9. The SMILES string of the molecule is COc1cccc(C2CC(=O)Nc3c2c(C)nn3-c2ncccn2)c1OCC(C)C. The molecule has 1 atom stereocenters. The third kappa shape index (κ3) is 3.60. The summed E-state index contributed by atoms with van der Waals surface area (Å²) in [5, 5.41) is 7.58. The maximum Gasteiger partial charge on any atom is 0.252 e. The Bertz CT molecular complexity index is 1060. The number of para-hydroxylation sites is 1. The van der Waals surface area contributed by atoms with Crippen molar-refractivity contribution in [1.82, 2.24) is 19.7 Å². The molecule has 3 heterocycles. The van der Waals surface area contributed by atoms with Gasteiger partial charge in [-0.2, -0.15) is 9.78 Å². The maximum absolute atomic E-state index is 12.7. The summed E-state index contributed by atoms with van der Waals surface area (Å²) < 4.78 is 13.3. The number of benzene rings is 1. The third-order valence-electron chi connectivity index (χ3n) is 5.01. The Hall–Kier alpha value is -3.42. The normalized spacial score (nSPS) is 15.6. The number of carbonyl (C=O) groups is 1.